The topological polar surface area (TPSA) is 121 Å². The second-order valence-corrected chi connectivity index (χ2v) is 4.99. The highest BCUT2D eigenvalue weighted by Crippen LogP contribution is 2.27. The van der Waals surface area contributed by atoms with Gasteiger partial charge in [-0.25, -0.2) is 4.79 Å². The highest BCUT2D eigenvalue weighted by molar-refractivity contribution is 5.93. The van der Waals surface area contributed by atoms with Gasteiger partial charge in [-0.15, -0.1) is 0 Å². The van der Waals surface area contributed by atoms with Crippen molar-refractivity contribution in [1.29, 1.82) is 0 Å². The van der Waals surface area contributed by atoms with Crippen molar-refractivity contribution in [3.63, 3.8) is 0 Å². The summed E-state index contributed by atoms with van der Waals surface area (Å²) in [5.41, 5.74) is -0.426. The van der Waals surface area contributed by atoms with Crippen LogP contribution in [0.25, 0.3) is 0 Å². The molecule has 0 aliphatic carbocycles. The number of carbonyl (C=O) groups excluding carboxylic acids is 2. The van der Waals surface area contributed by atoms with Gasteiger partial charge in [-0.05, 0) is 31.2 Å². The number of nitrogens with one attached hydrogen (secondary N) is 1. The number of nitrogens with zero attached hydrogens (tertiary/aromatic N) is 1. The molecular weight excluding hydrogens is 332 g/mol. The Labute approximate surface area is 142 Å². The molecule has 1 amide bonds. The van der Waals surface area contributed by atoms with Crippen LogP contribution < -0.4 is 10.1 Å². The molecule has 1 aromatic carbocycles. The van der Waals surface area contributed by atoms with E-state index < -0.39 is 22.9 Å². The molecule has 0 radical (unpaired) electrons. The molecule has 1 heterocycles. The van der Waals surface area contributed by atoms with Crippen molar-refractivity contribution in [2.75, 3.05) is 7.11 Å². The lowest BCUT2D eigenvalue weighted by atomic mass is 10.2. The summed E-state index contributed by atoms with van der Waals surface area (Å²) in [7, 11) is 1.28. The lowest BCUT2D eigenvalue weighted by molar-refractivity contribution is -0.385. The third-order valence-corrected chi connectivity index (χ3v) is 3.28. The first-order chi connectivity index (χ1) is 11.9. The monoisotopic (exact) mass is 348 g/mol. The lowest BCUT2D eigenvalue weighted by Crippen LogP contribution is -2.35. The Bertz CT molecular complexity index is 771. The molecule has 0 aliphatic heterocycles. The fourth-order valence-electron chi connectivity index (χ4n) is 1.97. The van der Waals surface area contributed by atoms with Crippen LogP contribution in [0.15, 0.2) is 41.0 Å². The van der Waals surface area contributed by atoms with Gasteiger partial charge in [-0.1, -0.05) is 0 Å². The van der Waals surface area contributed by atoms with E-state index >= 15 is 0 Å². The van der Waals surface area contributed by atoms with Crippen LogP contribution >= 0.6 is 0 Å². The smallest absolute Gasteiger partial charge is 0.339 e. The second kappa shape index (κ2) is 7.95. The van der Waals surface area contributed by atoms with E-state index in [0.29, 0.717) is 5.76 Å². The van der Waals surface area contributed by atoms with Crippen LogP contribution in [0.5, 0.6) is 5.75 Å². The number of nitro groups is 1. The molecule has 9 nitrogen and oxygen atoms in total. The van der Waals surface area contributed by atoms with Crippen LogP contribution in [0, 0.1) is 10.1 Å². The number of hydrogen-bond acceptors (Lipinski definition) is 7. The summed E-state index contributed by atoms with van der Waals surface area (Å²) in [6.45, 7) is 1.55. The average Bonchev–Trinajstić information content (AvgIpc) is 3.12. The predicted octanol–water partition coefficient (Wildman–Crippen LogP) is 2.06. The van der Waals surface area contributed by atoms with E-state index in [1.807, 2.05) is 0 Å². The minimum atomic E-state index is -1.08. The molecule has 0 fully saturated rings. The second-order valence-electron chi connectivity index (χ2n) is 4.99. The molecule has 2 aromatic rings. The molecular formula is C16H16N2O7. The zero-order valence-corrected chi connectivity index (χ0v) is 13.6. The van der Waals surface area contributed by atoms with E-state index in [0.717, 1.165) is 6.07 Å². The minimum Gasteiger partial charge on any atom is -0.490 e. The van der Waals surface area contributed by atoms with Crippen molar-refractivity contribution in [3.8, 4) is 5.75 Å². The van der Waals surface area contributed by atoms with Gasteiger partial charge in [0.05, 0.1) is 30.4 Å². The van der Waals surface area contributed by atoms with E-state index in [2.05, 4.69) is 5.32 Å². The number of esters is 1. The Kier molecular flexibility index (Phi) is 5.72. The Balaban J connectivity index is 1.99. The lowest BCUT2D eigenvalue weighted by Gasteiger charge is -2.13. The van der Waals surface area contributed by atoms with Crippen molar-refractivity contribution in [2.45, 2.75) is 19.6 Å². The van der Waals surface area contributed by atoms with Crippen molar-refractivity contribution >= 4 is 17.6 Å². The fourth-order valence-corrected chi connectivity index (χ4v) is 1.97. The van der Waals surface area contributed by atoms with E-state index in [1.165, 1.54) is 32.4 Å². The highest BCUT2D eigenvalue weighted by atomic mass is 16.6. The Hall–Kier alpha value is -3.36. The first-order valence-electron chi connectivity index (χ1n) is 7.26. The van der Waals surface area contributed by atoms with E-state index in [9.17, 15) is 19.7 Å². The van der Waals surface area contributed by atoms with Gasteiger partial charge in [0.2, 0.25) is 0 Å². The quantitative estimate of drug-likeness (QED) is 0.462. The third-order valence-electron chi connectivity index (χ3n) is 3.28. The summed E-state index contributed by atoms with van der Waals surface area (Å²) in [5, 5.41) is 13.5. The first kappa shape index (κ1) is 18.0. The average molecular weight is 348 g/mol. The van der Waals surface area contributed by atoms with Gasteiger partial charge in [0, 0.05) is 6.07 Å². The van der Waals surface area contributed by atoms with Crippen LogP contribution in [0.3, 0.4) is 0 Å². The van der Waals surface area contributed by atoms with Crippen molar-refractivity contribution in [2.24, 2.45) is 0 Å². The fraction of sp³-hybridized carbons (Fsp3) is 0.250. The zero-order chi connectivity index (χ0) is 18.4. The van der Waals surface area contributed by atoms with Gasteiger partial charge in [0.25, 0.3) is 5.91 Å². The summed E-state index contributed by atoms with van der Waals surface area (Å²) in [5.74, 6) is -0.803. The normalized spacial score (nSPS) is 11.4. The molecule has 9 heteroatoms. The minimum absolute atomic E-state index is 0.0192. The van der Waals surface area contributed by atoms with E-state index in [4.69, 9.17) is 13.9 Å². The Morgan fingerprint density at radius 1 is 1.36 bits per heavy atom. The molecule has 1 aromatic heterocycles. The molecule has 0 unspecified atom stereocenters. The molecule has 0 aliphatic rings. The number of nitro benzene ring substituents is 1. The maximum absolute atomic E-state index is 12.1. The van der Waals surface area contributed by atoms with Crippen LogP contribution in [0.4, 0.5) is 5.69 Å². The molecule has 2 rings (SSSR count). The summed E-state index contributed by atoms with van der Waals surface area (Å²) in [4.78, 5) is 34.3. The van der Waals surface area contributed by atoms with Crippen LogP contribution in [0.1, 0.15) is 23.0 Å². The number of benzene rings is 1. The highest BCUT2D eigenvalue weighted by Gasteiger charge is 2.22. The van der Waals surface area contributed by atoms with Gasteiger partial charge in [0.15, 0.2) is 11.9 Å². The van der Waals surface area contributed by atoms with Gasteiger partial charge >= 0.3 is 11.7 Å². The summed E-state index contributed by atoms with van der Waals surface area (Å²) < 4.78 is 15.0. The van der Waals surface area contributed by atoms with Crippen LogP contribution in [-0.2, 0) is 16.1 Å². The number of furan rings is 1. The summed E-state index contributed by atoms with van der Waals surface area (Å²) in [6, 6.07) is 7.02. The molecule has 132 valence electrons. The van der Waals surface area contributed by atoms with Gasteiger partial charge < -0.3 is 19.2 Å². The molecule has 1 atom stereocenters. The summed E-state index contributed by atoms with van der Waals surface area (Å²) in [6.07, 6.45) is 0.394. The largest absolute Gasteiger partial charge is 0.490 e. The van der Waals surface area contributed by atoms with Gasteiger partial charge in [-0.3, -0.25) is 14.9 Å². The standard InChI is InChI=1S/C16H16N2O7/c1-10(15(19)17-9-12-4-3-7-24-12)25-16(20)11-5-6-14(23-2)13(8-11)18(21)22/h3-8,10H,9H2,1-2H3,(H,17,19)/t10-/m0/s1. The molecule has 1 N–H and O–H groups in total. The SMILES string of the molecule is COc1ccc(C(=O)O[C@@H](C)C(=O)NCc2ccco2)cc1[N+](=O)[O-]. The van der Waals surface area contributed by atoms with Crippen molar-refractivity contribution < 1.29 is 28.4 Å². The first-order valence-corrected chi connectivity index (χ1v) is 7.26. The molecule has 0 saturated heterocycles. The Morgan fingerprint density at radius 2 is 2.12 bits per heavy atom. The Morgan fingerprint density at radius 3 is 2.72 bits per heavy atom. The van der Waals surface area contributed by atoms with Crippen molar-refractivity contribution in [1.82, 2.24) is 5.32 Å². The van der Waals surface area contributed by atoms with E-state index in [-0.39, 0.29) is 23.5 Å². The van der Waals surface area contributed by atoms with E-state index in [1.54, 1.807) is 12.1 Å². The maximum Gasteiger partial charge on any atom is 0.339 e. The maximum atomic E-state index is 12.1. The number of ether oxygens (including phenoxy) is 2. The third kappa shape index (κ3) is 4.56. The number of methoxy groups -OCH3 is 1. The summed E-state index contributed by atoms with van der Waals surface area (Å²) >= 11 is 0. The molecule has 0 saturated carbocycles. The predicted molar refractivity (Wildman–Crippen MR) is 85.1 cm³/mol. The van der Waals surface area contributed by atoms with Crippen LogP contribution in [-0.4, -0.2) is 30.0 Å². The number of hydrogen-bond donors (Lipinski definition) is 1. The number of rotatable bonds is 7. The molecule has 25 heavy (non-hydrogen) atoms. The number of carbonyl (C=O) groups is 2. The number of amides is 1. The molecule has 0 bridgehead atoms. The van der Waals surface area contributed by atoms with Crippen LogP contribution in [0.2, 0.25) is 0 Å². The van der Waals surface area contributed by atoms with Gasteiger partial charge in [-0.2, -0.15) is 0 Å². The molecule has 0 spiro atoms. The zero-order valence-electron chi connectivity index (χ0n) is 13.6. The van der Waals surface area contributed by atoms with Crippen molar-refractivity contribution in [3.05, 3.63) is 58.0 Å². The van der Waals surface area contributed by atoms with Gasteiger partial charge in [0.1, 0.15) is 5.76 Å².